The van der Waals surface area contributed by atoms with E-state index < -0.39 is 0 Å². The number of aliphatic imine (C=N–C) groups is 1. The Morgan fingerprint density at radius 1 is 1.03 bits per heavy atom. The second-order valence-corrected chi connectivity index (χ2v) is 7.50. The molecule has 2 N–H and O–H groups in total. The van der Waals surface area contributed by atoms with Crippen molar-refractivity contribution < 1.29 is 4.79 Å². The summed E-state index contributed by atoms with van der Waals surface area (Å²) in [6.45, 7) is 6.64. The van der Waals surface area contributed by atoms with Crippen molar-refractivity contribution in [2.45, 2.75) is 26.9 Å². The van der Waals surface area contributed by atoms with Crippen LogP contribution in [0.2, 0.25) is 0 Å². The van der Waals surface area contributed by atoms with Crippen LogP contribution in [-0.4, -0.2) is 55.9 Å². The third kappa shape index (κ3) is 9.13. The van der Waals surface area contributed by atoms with Crippen LogP contribution in [-0.2, 0) is 17.9 Å². The Morgan fingerprint density at radius 2 is 1.73 bits per heavy atom. The molecule has 0 heterocycles. The number of hydrogen-bond acceptors (Lipinski definition) is 3. The van der Waals surface area contributed by atoms with Gasteiger partial charge < -0.3 is 20.4 Å². The van der Waals surface area contributed by atoms with Gasteiger partial charge in [0.05, 0.1) is 13.1 Å². The average molecular weight is 523 g/mol. The van der Waals surface area contributed by atoms with E-state index in [2.05, 4.69) is 53.6 Å². The highest BCUT2D eigenvalue weighted by Crippen LogP contribution is 2.12. The molecule has 164 valence electrons. The molecule has 0 aromatic heterocycles. The maximum atomic E-state index is 12.0. The first-order chi connectivity index (χ1) is 13.9. The Hall–Kier alpha value is -2.13. The van der Waals surface area contributed by atoms with Crippen LogP contribution >= 0.6 is 24.0 Å². The summed E-state index contributed by atoms with van der Waals surface area (Å²) >= 11 is 0. The molecule has 0 bridgehead atoms. The van der Waals surface area contributed by atoms with Crippen LogP contribution in [0.15, 0.2) is 53.5 Å². The summed E-state index contributed by atoms with van der Waals surface area (Å²) in [6, 6.07) is 16.4. The predicted molar refractivity (Wildman–Crippen MR) is 137 cm³/mol. The standard InChI is InChI=1S/C23H33N5O.HI/c1-6-24-23(28(5)16-19-12-10-18(2)11-13-19)25-15-20-8-7-9-21(14-20)26-22(29)17-27(3)4;/h7-14H,6,15-17H2,1-5H3,(H,24,25)(H,26,29);1H. The van der Waals surface area contributed by atoms with Gasteiger partial charge in [-0.15, -0.1) is 24.0 Å². The van der Waals surface area contributed by atoms with Gasteiger partial charge in [0.15, 0.2) is 5.96 Å². The lowest BCUT2D eigenvalue weighted by molar-refractivity contribution is -0.116. The van der Waals surface area contributed by atoms with Gasteiger partial charge >= 0.3 is 0 Å². The van der Waals surface area contributed by atoms with Gasteiger partial charge in [0.2, 0.25) is 5.91 Å². The van der Waals surface area contributed by atoms with Crippen LogP contribution < -0.4 is 10.6 Å². The molecule has 0 aliphatic rings. The minimum absolute atomic E-state index is 0. The van der Waals surface area contributed by atoms with Crippen LogP contribution in [0.1, 0.15) is 23.6 Å². The van der Waals surface area contributed by atoms with E-state index in [4.69, 9.17) is 4.99 Å². The molecule has 0 radical (unpaired) electrons. The molecule has 7 heteroatoms. The molecule has 0 atom stereocenters. The number of amides is 1. The van der Waals surface area contributed by atoms with Gasteiger partial charge in [-0.25, -0.2) is 4.99 Å². The predicted octanol–water partition coefficient (Wildman–Crippen LogP) is 3.71. The Bertz CT molecular complexity index is 821. The monoisotopic (exact) mass is 523 g/mol. The molecule has 2 aromatic carbocycles. The van der Waals surface area contributed by atoms with Crippen molar-refractivity contribution in [2.75, 3.05) is 39.5 Å². The van der Waals surface area contributed by atoms with Crippen molar-refractivity contribution in [2.24, 2.45) is 4.99 Å². The summed E-state index contributed by atoms with van der Waals surface area (Å²) < 4.78 is 0. The van der Waals surface area contributed by atoms with Crippen LogP contribution in [0.4, 0.5) is 5.69 Å². The summed E-state index contributed by atoms with van der Waals surface area (Å²) in [5.74, 6) is 0.831. The Balaban J connectivity index is 0.00000450. The summed E-state index contributed by atoms with van der Waals surface area (Å²) in [4.78, 5) is 20.7. The number of hydrogen-bond donors (Lipinski definition) is 2. The lowest BCUT2D eigenvalue weighted by Crippen LogP contribution is -2.38. The van der Waals surface area contributed by atoms with Crippen LogP contribution in [0.5, 0.6) is 0 Å². The van der Waals surface area contributed by atoms with E-state index >= 15 is 0 Å². The minimum Gasteiger partial charge on any atom is -0.357 e. The zero-order chi connectivity index (χ0) is 21.2. The zero-order valence-electron chi connectivity index (χ0n) is 18.6. The molecule has 30 heavy (non-hydrogen) atoms. The molecule has 2 aromatic rings. The molecule has 0 fully saturated rings. The number of carbonyl (C=O) groups excluding carboxylic acids is 1. The molecule has 6 nitrogen and oxygen atoms in total. The van der Waals surface area contributed by atoms with Crippen molar-refractivity contribution in [1.82, 2.24) is 15.1 Å². The quantitative estimate of drug-likeness (QED) is 0.315. The van der Waals surface area contributed by atoms with Crippen LogP contribution in [0, 0.1) is 6.92 Å². The second kappa shape index (κ2) is 13.2. The number of benzene rings is 2. The highest BCUT2D eigenvalue weighted by atomic mass is 127. The summed E-state index contributed by atoms with van der Waals surface area (Å²) in [6.07, 6.45) is 0. The lowest BCUT2D eigenvalue weighted by atomic mass is 10.1. The van der Waals surface area contributed by atoms with E-state index in [1.807, 2.05) is 50.3 Å². The first kappa shape index (κ1) is 25.9. The minimum atomic E-state index is -0.0261. The number of aryl methyl sites for hydroxylation is 1. The molecular formula is C23H34IN5O. The summed E-state index contributed by atoms with van der Waals surface area (Å²) in [5.41, 5.74) is 4.35. The fourth-order valence-electron chi connectivity index (χ4n) is 2.91. The van der Waals surface area contributed by atoms with Gasteiger partial charge in [0.25, 0.3) is 0 Å². The van der Waals surface area contributed by atoms with E-state index in [1.54, 1.807) is 0 Å². The van der Waals surface area contributed by atoms with Crippen LogP contribution in [0.3, 0.4) is 0 Å². The molecule has 0 saturated heterocycles. The molecule has 0 spiro atoms. The normalized spacial score (nSPS) is 11.1. The van der Waals surface area contributed by atoms with Gasteiger partial charge in [-0.3, -0.25) is 4.79 Å². The van der Waals surface area contributed by atoms with E-state index in [-0.39, 0.29) is 29.9 Å². The topological polar surface area (TPSA) is 60.0 Å². The van der Waals surface area contributed by atoms with Crippen molar-refractivity contribution >= 4 is 41.5 Å². The zero-order valence-corrected chi connectivity index (χ0v) is 20.9. The molecular weight excluding hydrogens is 489 g/mol. The van der Waals surface area contributed by atoms with E-state index in [9.17, 15) is 4.79 Å². The number of halogens is 1. The van der Waals surface area contributed by atoms with E-state index in [0.29, 0.717) is 13.1 Å². The van der Waals surface area contributed by atoms with Crippen molar-refractivity contribution in [1.29, 1.82) is 0 Å². The average Bonchev–Trinajstić information content (AvgIpc) is 2.66. The number of likely N-dealkylation sites (N-methyl/N-ethyl adjacent to an activating group) is 1. The third-order valence-electron chi connectivity index (χ3n) is 4.32. The largest absolute Gasteiger partial charge is 0.357 e. The van der Waals surface area contributed by atoms with Gasteiger partial charge in [0, 0.05) is 25.8 Å². The lowest BCUT2D eigenvalue weighted by Gasteiger charge is -2.22. The van der Waals surface area contributed by atoms with Gasteiger partial charge in [0.1, 0.15) is 0 Å². The Kier molecular flexibility index (Phi) is 11.4. The third-order valence-corrected chi connectivity index (χ3v) is 4.32. The Labute approximate surface area is 197 Å². The first-order valence-electron chi connectivity index (χ1n) is 9.96. The first-order valence-corrected chi connectivity index (χ1v) is 9.96. The van der Waals surface area contributed by atoms with E-state index in [0.717, 1.165) is 30.3 Å². The number of anilines is 1. The van der Waals surface area contributed by atoms with Crippen LogP contribution in [0.25, 0.3) is 0 Å². The highest BCUT2D eigenvalue weighted by molar-refractivity contribution is 14.0. The SMILES string of the molecule is CCNC(=NCc1cccc(NC(=O)CN(C)C)c1)N(C)Cc1ccc(C)cc1.I. The van der Waals surface area contributed by atoms with Crippen molar-refractivity contribution in [3.8, 4) is 0 Å². The maximum absolute atomic E-state index is 12.0. The van der Waals surface area contributed by atoms with Gasteiger partial charge in [-0.05, 0) is 51.2 Å². The smallest absolute Gasteiger partial charge is 0.238 e. The highest BCUT2D eigenvalue weighted by Gasteiger charge is 2.08. The number of nitrogens with zero attached hydrogens (tertiary/aromatic N) is 3. The van der Waals surface area contributed by atoms with E-state index in [1.165, 1.54) is 11.1 Å². The molecule has 0 aliphatic heterocycles. The van der Waals surface area contributed by atoms with Crippen molar-refractivity contribution in [3.05, 3.63) is 65.2 Å². The molecule has 2 rings (SSSR count). The molecule has 1 amide bonds. The van der Waals surface area contributed by atoms with Crippen molar-refractivity contribution in [3.63, 3.8) is 0 Å². The Morgan fingerprint density at radius 3 is 2.37 bits per heavy atom. The number of guanidine groups is 1. The number of carbonyl (C=O) groups is 1. The second-order valence-electron chi connectivity index (χ2n) is 7.50. The molecule has 0 saturated carbocycles. The fourth-order valence-corrected chi connectivity index (χ4v) is 2.91. The number of rotatable bonds is 8. The molecule has 0 aliphatic carbocycles. The van der Waals surface area contributed by atoms with Gasteiger partial charge in [-0.2, -0.15) is 0 Å². The number of nitrogens with one attached hydrogen (secondary N) is 2. The summed E-state index contributed by atoms with van der Waals surface area (Å²) in [5, 5.41) is 6.28. The molecule has 0 unspecified atom stereocenters. The van der Waals surface area contributed by atoms with Gasteiger partial charge in [-0.1, -0.05) is 42.0 Å². The summed E-state index contributed by atoms with van der Waals surface area (Å²) in [7, 11) is 5.79. The fraction of sp³-hybridized carbons (Fsp3) is 0.391. The maximum Gasteiger partial charge on any atom is 0.238 e.